The second-order valence-corrected chi connectivity index (χ2v) is 7.44. The lowest BCUT2D eigenvalue weighted by Gasteiger charge is -2.12. The third kappa shape index (κ3) is 2.87. The number of hydrogen-bond donors (Lipinski definition) is 1. The van der Waals surface area contributed by atoms with E-state index in [4.69, 9.17) is 9.52 Å². The van der Waals surface area contributed by atoms with E-state index in [0.717, 1.165) is 58.8 Å². The maximum absolute atomic E-state index is 13.0. The number of rotatable bonds is 3. The van der Waals surface area contributed by atoms with Gasteiger partial charge in [-0.15, -0.1) is 0 Å². The van der Waals surface area contributed by atoms with Crippen LogP contribution in [0.4, 0.5) is 5.69 Å². The second kappa shape index (κ2) is 6.41. The van der Waals surface area contributed by atoms with Crippen LogP contribution in [0, 0.1) is 27.7 Å². The van der Waals surface area contributed by atoms with Gasteiger partial charge in [0.15, 0.2) is 5.76 Å². The molecule has 5 heteroatoms. The molecule has 140 valence electrons. The smallest absolute Gasteiger partial charge is 0.291 e. The molecule has 27 heavy (non-hydrogen) atoms. The standard InChI is InChI=1S/C22H25N3O2/c1-6-25-11-16-7-8-17-18(20(16)24-25)15(5)21(27-17)22(26)23-19-13(3)9-12(2)10-14(19)4/h9-11H,6-8H2,1-5H3,(H,23,26). The van der Waals surface area contributed by atoms with Crippen molar-refractivity contribution in [3.8, 4) is 11.3 Å². The molecule has 0 saturated carbocycles. The van der Waals surface area contributed by atoms with Crippen molar-refractivity contribution < 1.29 is 9.21 Å². The van der Waals surface area contributed by atoms with Gasteiger partial charge in [0.05, 0.1) is 5.69 Å². The van der Waals surface area contributed by atoms with E-state index in [1.54, 1.807) is 0 Å². The summed E-state index contributed by atoms with van der Waals surface area (Å²) in [6.07, 6.45) is 3.80. The van der Waals surface area contributed by atoms with E-state index >= 15 is 0 Å². The summed E-state index contributed by atoms with van der Waals surface area (Å²) in [4.78, 5) is 13.0. The number of carbonyl (C=O) groups excluding carboxylic acids is 1. The molecular formula is C22H25N3O2. The number of fused-ring (bicyclic) bond motifs is 3. The SMILES string of the molecule is CCn1cc2c(n1)-c1c(oc(C(=O)Nc3c(C)cc(C)cc3C)c1C)CC2. The molecule has 0 aliphatic heterocycles. The van der Waals surface area contributed by atoms with Crippen LogP contribution < -0.4 is 5.32 Å². The highest BCUT2D eigenvalue weighted by Crippen LogP contribution is 2.38. The van der Waals surface area contributed by atoms with E-state index in [-0.39, 0.29) is 5.91 Å². The zero-order valence-electron chi connectivity index (χ0n) is 16.6. The fourth-order valence-electron chi connectivity index (χ4n) is 4.09. The summed E-state index contributed by atoms with van der Waals surface area (Å²) in [6.45, 7) is 10.9. The van der Waals surface area contributed by atoms with Crippen molar-refractivity contribution in [3.05, 3.63) is 57.7 Å². The summed E-state index contributed by atoms with van der Waals surface area (Å²) in [5.41, 5.74) is 8.20. The largest absolute Gasteiger partial charge is 0.455 e. The summed E-state index contributed by atoms with van der Waals surface area (Å²) in [5.74, 6) is 1.05. The van der Waals surface area contributed by atoms with Gasteiger partial charge in [-0.1, -0.05) is 17.7 Å². The topological polar surface area (TPSA) is 60.1 Å². The number of benzene rings is 1. The van der Waals surface area contributed by atoms with E-state index in [2.05, 4.69) is 37.5 Å². The molecule has 3 aromatic rings. The highest BCUT2D eigenvalue weighted by atomic mass is 16.4. The minimum absolute atomic E-state index is 0.201. The predicted molar refractivity (Wildman–Crippen MR) is 106 cm³/mol. The fraction of sp³-hybridized carbons (Fsp3) is 0.364. The fourth-order valence-corrected chi connectivity index (χ4v) is 4.09. The number of anilines is 1. The van der Waals surface area contributed by atoms with Crippen molar-refractivity contribution in [1.82, 2.24) is 9.78 Å². The van der Waals surface area contributed by atoms with Crippen molar-refractivity contribution in [3.63, 3.8) is 0 Å². The van der Waals surface area contributed by atoms with Crippen LogP contribution in [0.25, 0.3) is 11.3 Å². The second-order valence-electron chi connectivity index (χ2n) is 7.44. The molecule has 0 spiro atoms. The molecule has 0 radical (unpaired) electrons. The molecule has 0 unspecified atom stereocenters. The van der Waals surface area contributed by atoms with Gasteiger partial charge in [-0.05, 0) is 57.7 Å². The minimum Gasteiger partial charge on any atom is -0.455 e. The first-order chi connectivity index (χ1) is 12.9. The Kier molecular flexibility index (Phi) is 4.17. The van der Waals surface area contributed by atoms with E-state index < -0.39 is 0 Å². The summed E-state index contributed by atoms with van der Waals surface area (Å²) < 4.78 is 7.96. The maximum Gasteiger partial charge on any atom is 0.291 e. The molecule has 1 amide bonds. The molecule has 4 rings (SSSR count). The molecule has 2 aromatic heterocycles. The first-order valence-electron chi connectivity index (χ1n) is 9.47. The van der Waals surface area contributed by atoms with Gasteiger partial charge >= 0.3 is 0 Å². The lowest BCUT2D eigenvalue weighted by Crippen LogP contribution is -2.14. The minimum atomic E-state index is -0.201. The number of nitrogens with zero attached hydrogens (tertiary/aromatic N) is 2. The Morgan fingerprint density at radius 2 is 1.89 bits per heavy atom. The van der Waals surface area contributed by atoms with Gasteiger partial charge in [0.2, 0.25) is 0 Å². The number of aryl methyl sites for hydroxylation is 6. The van der Waals surface area contributed by atoms with Gasteiger partial charge in [0, 0.05) is 36.0 Å². The summed E-state index contributed by atoms with van der Waals surface area (Å²) in [6, 6.07) is 4.15. The van der Waals surface area contributed by atoms with Gasteiger partial charge in [0.25, 0.3) is 5.91 Å². The maximum atomic E-state index is 13.0. The van der Waals surface area contributed by atoms with E-state index in [1.165, 1.54) is 11.1 Å². The number of carbonyl (C=O) groups is 1. The van der Waals surface area contributed by atoms with Crippen LogP contribution in [0.1, 0.15) is 51.1 Å². The number of hydrogen-bond acceptors (Lipinski definition) is 3. The van der Waals surface area contributed by atoms with Gasteiger partial charge in [-0.3, -0.25) is 9.48 Å². The Labute approximate surface area is 159 Å². The summed E-state index contributed by atoms with van der Waals surface area (Å²) in [5, 5.41) is 7.75. The predicted octanol–water partition coefficient (Wildman–Crippen LogP) is 4.75. The highest BCUT2D eigenvalue weighted by molar-refractivity contribution is 6.05. The first-order valence-corrected chi connectivity index (χ1v) is 9.47. The summed E-state index contributed by atoms with van der Waals surface area (Å²) >= 11 is 0. The van der Waals surface area contributed by atoms with Gasteiger partial charge in [-0.25, -0.2) is 0 Å². The average molecular weight is 363 g/mol. The van der Waals surface area contributed by atoms with Crippen molar-refractivity contribution in [2.75, 3.05) is 5.32 Å². The Morgan fingerprint density at radius 3 is 2.56 bits per heavy atom. The van der Waals surface area contributed by atoms with Crippen molar-refractivity contribution in [2.24, 2.45) is 0 Å². The molecule has 2 heterocycles. The monoisotopic (exact) mass is 363 g/mol. The van der Waals surface area contributed by atoms with Crippen LogP contribution in [0.3, 0.4) is 0 Å². The normalized spacial score (nSPS) is 12.6. The molecule has 0 bridgehead atoms. The van der Waals surface area contributed by atoms with E-state index in [0.29, 0.717) is 5.76 Å². The number of furan rings is 1. The molecule has 1 N–H and O–H groups in total. The van der Waals surface area contributed by atoms with Gasteiger partial charge in [0.1, 0.15) is 5.76 Å². The number of nitrogens with one attached hydrogen (secondary N) is 1. The molecule has 0 fully saturated rings. The molecule has 0 atom stereocenters. The average Bonchev–Trinajstić information content (AvgIpc) is 3.18. The Morgan fingerprint density at radius 1 is 1.19 bits per heavy atom. The van der Waals surface area contributed by atoms with Crippen LogP contribution in [-0.4, -0.2) is 15.7 Å². The zero-order valence-corrected chi connectivity index (χ0v) is 16.6. The van der Waals surface area contributed by atoms with Gasteiger partial charge in [-0.2, -0.15) is 5.10 Å². The van der Waals surface area contributed by atoms with Crippen LogP contribution in [-0.2, 0) is 19.4 Å². The molecule has 0 saturated heterocycles. The quantitative estimate of drug-likeness (QED) is 0.731. The van der Waals surface area contributed by atoms with E-state index in [1.807, 2.05) is 25.5 Å². The van der Waals surface area contributed by atoms with Crippen molar-refractivity contribution in [2.45, 2.75) is 54.0 Å². The third-order valence-electron chi connectivity index (χ3n) is 5.36. The van der Waals surface area contributed by atoms with Crippen molar-refractivity contribution >= 4 is 11.6 Å². The lowest BCUT2D eigenvalue weighted by atomic mass is 9.93. The van der Waals surface area contributed by atoms with Crippen LogP contribution in [0.15, 0.2) is 22.7 Å². The highest BCUT2D eigenvalue weighted by Gasteiger charge is 2.29. The Hall–Kier alpha value is -2.82. The number of amides is 1. The lowest BCUT2D eigenvalue weighted by molar-refractivity contribution is 0.0994. The Bertz CT molecular complexity index is 1030. The van der Waals surface area contributed by atoms with Crippen LogP contribution in [0.5, 0.6) is 0 Å². The van der Waals surface area contributed by atoms with Crippen molar-refractivity contribution in [1.29, 1.82) is 0 Å². The zero-order chi connectivity index (χ0) is 19.3. The van der Waals surface area contributed by atoms with Crippen LogP contribution >= 0.6 is 0 Å². The Balaban J connectivity index is 1.71. The van der Waals surface area contributed by atoms with Crippen LogP contribution in [0.2, 0.25) is 0 Å². The summed E-state index contributed by atoms with van der Waals surface area (Å²) in [7, 11) is 0. The molecule has 1 aromatic carbocycles. The number of aromatic nitrogens is 2. The molecule has 1 aliphatic carbocycles. The molecular weight excluding hydrogens is 338 g/mol. The van der Waals surface area contributed by atoms with E-state index in [9.17, 15) is 4.79 Å². The first kappa shape index (κ1) is 17.6. The molecule has 1 aliphatic rings. The molecule has 5 nitrogen and oxygen atoms in total. The van der Waals surface area contributed by atoms with Gasteiger partial charge < -0.3 is 9.73 Å². The third-order valence-corrected chi connectivity index (χ3v) is 5.36.